The number of nitrogens with one attached hydrogen (secondary N) is 1. The number of aryl methyl sites for hydroxylation is 3. The monoisotopic (exact) mass is 280 g/mol. The Balaban J connectivity index is 1.59. The van der Waals surface area contributed by atoms with Gasteiger partial charge in [0.15, 0.2) is 0 Å². The van der Waals surface area contributed by atoms with E-state index in [-0.39, 0.29) is 0 Å². The van der Waals surface area contributed by atoms with Crippen molar-refractivity contribution in [2.45, 2.75) is 44.6 Å². The van der Waals surface area contributed by atoms with Gasteiger partial charge in [-0.3, -0.25) is 4.98 Å². The summed E-state index contributed by atoms with van der Waals surface area (Å²) in [6, 6.07) is 11.8. The highest BCUT2D eigenvalue weighted by molar-refractivity contribution is 5.35. The zero-order chi connectivity index (χ0) is 14.5. The highest BCUT2D eigenvalue weighted by Crippen LogP contribution is 2.23. The second-order valence-corrected chi connectivity index (χ2v) is 6.05. The summed E-state index contributed by atoms with van der Waals surface area (Å²) in [5.41, 5.74) is 5.94. The second kappa shape index (κ2) is 6.86. The van der Waals surface area contributed by atoms with Crippen LogP contribution in [-0.2, 0) is 25.7 Å². The van der Waals surface area contributed by atoms with Crippen LogP contribution in [0.2, 0.25) is 0 Å². The van der Waals surface area contributed by atoms with Crippen LogP contribution >= 0.6 is 0 Å². The number of hydrogen-bond acceptors (Lipinski definition) is 2. The SMILES string of the molecule is CNC(CCc1cccnc1)Cc1ccc2c(c1)CCC2. The van der Waals surface area contributed by atoms with Crippen LogP contribution in [0.3, 0.4) is 0 Å². The van der Waals surface area contributed by atoms with Gasteiger partial charge >= 0.3 is 0 Å². The second-order valence-electron chi connectivity index (χ2n) is 6.05. The minimum atomic E-state index is 0.532. The molecular weight excluding hydrogens is 256 g/mol. The van der Waals surface area contributed by atoms with Crippen LogP contribution in [0, 0.1) is 0 Å². The Labute approximate surface area is 127 Å². The summed E-state index contributed by atoms with van der Waals surface area (Å²) < 4.78 is 0. The van der Waals surface area contributed by atoms with Crippen molar-refractivity contribution in [2.24, 2.45) is 0 Å². The lowest BCUT2D eigenvalue weighted by Gasteiger charge is -2.17. The van der Waals surface area contributed by atoms with Crippen molar-refractivity contribution in [3.63, 3.8) is 0 Å². The maximum Gasteiger partial charge on any atom is 0.0299 e. The van der Waals surface area contributed by atoms with Crippen LogP contribution in [0.4, 0.5) is 0 Å². The molecular formula is C19H24N2. The molecule has 0 bridgehead atoms. The molecule has 110 valence electrons. The van der Waals surface area contributed by atoms with Gasteiger partial charge in [-0.05, 0) is 73.9 Å². The standard InChI is InChI=1S/C19H24N2/c1-20-19(10-8-15-4-3-11-21-14-15)13-16-7-9-17-5-2-6-18(17)12-16/h3-4,7,9,11-12,14,19-20H,2,5-6,8,10,13H2,1H3. The summed E-state index contributed by atoms with van der Waals surface area (Å²) in [5.74, 6) is 0. The van der Waals surface area contributed by atoms with Crippen molar-refractivity contribution in [1.29, 1.82) is 0 Å². The first-order valence-electron chi connectivity index (χ1n) is 8.02. The summed E-state index contributed by atoms with van der Waals surface area (Å²) in [7, 11) is 2.07. The maximum atomic E-state index is 4.19. The topological polar surface area (TPSA) is 24.9 Å². The van der Waals surface area contributed by atoms with Crippen LogP contribution < -0.4 is 5.32 Å². The average molecular weight is 280 g/mol. The van der Waals surface area contributed by atoms with Crippen molar-refractivity contribution in [3.05, 3.63) is 65.0 Å². The molecule has 1 heterocycles. The van der Waals surface area contributed by atoms with Gasteiger partial charge in [-0.1, -0.05) is 24.3 Å². The number of benzene rings is 1. The third kappa shape index (κ3) is 3.70. The Morgan fingerprint density at radius 2 is 2.05 bits per heavy atom. The Bertz CT molecular complexity index is 577. The van der Waals surface area contributed by atoms with Crippen molar-refractivity contribution in [1.82, 2.24) is 10.3 Å². The van der Waals surface area contributed by atoms with Gasteiger partial charge in [-0.15, -0.1) is 0 Å². The van der Waals surface area contributed by atoms with Gasteiger partial charge in [0.1, 0.15) is 0 Å². The van der Waals surface area contributed by atoms with E-state index in [1.54, 1.807) is 11.1 Å². The minimum absolute atomic E-state index is 0.532. The molecule has 2 aromatic rings. The van der Waals surface area contributed by atoms with E-state index in [9.17, 15) is 0 Å². The van der Waals surface area contributed by atoms with Crippen LogP contribution in [0.1, 0.15) is 35.1 Å². The molecule has 1 unspecified atom stereocenters. The summed E-state index contributed by atoms with van der Waals surface area (Å²) >= 11 is 0. The largest absolute Gasteiger partial charge is 0.317 e. The number of nitrogens with zero attached hydrogens (tertiary/aromatic N) is 1. The number of likely N-dealkylation sites (N-methyl/N-ethyl adjacent to an activating group) is 1. The fraction of sp³-hybridized carbons (Fsp3) is 0.421. The summed E-state index contributed by atoms with van der Waals surface area (Å²) in [4.78, 5) is 4.19. The van der Waals surface area contributed by atoms with Gasteiger partial charge in [0.25, 0.3) is 0 Å². The van der Waals surface area contributed by atoms with Crippen LogP contribution in [0.25, 0.3) is 0 Å². The van der Waals surface area contributed by atoms with Gasteiger partial charge in [0, 0.05) is 18.4 Å². The molecule has 0 fully saturated rings. The van der Waals surface area contributed by atoms with E-state index < -0.39 is 0 Å². The van der Waals surface area contributed by atoms with Gasteiger partial charge in [0.2, 0.25) is 0 Å². The lowest BCUT2D eigenvalue weighted by Crippen LogP contribution is -2.28. The summed E-state index contributed by atoms with van der Waals surface area (Å²) in [6.45, 7) is 0. The van der Waals surface area contributed by atoms with Crippen molar-refractivity contribution >= 4 is 0 Å². The smallest absolute Gasteiger partial charge is 0.0299 e. The molecule has 1 N–H and O–H groups in total. The van der Waals surface area contributed by atoms with E-state index in [2.05, 4.69) is 41.6 Å². The van der Waals surface area contributed by atoms with Gasteiger partial charge in [-0.25, -0.2) is 0 Å². The molecule has 1 aliphatic carbocycles. The Morgan fingerprint density at radius 3 is 2.86 bits per heavy atom. The van der Waals surface area contributed by atoms with Gasteiger partial charge < -0.3 is 5.32 Å². The normalized spacial score (nSPS) is 14.9. The quantitative estimate of drug-likeness (QED) is 0.878. The third-order valence-electron chi connectivity index (χ3n) is 4.56. The number of aromatic nitrogens is 1. The van der Waals surface area contributed by atoms with Gasteiger partial charge in [0.05, 0.1) is 0 Å². The molecule has 0 radical (unpaired) electrons. The first-order chi connectivity index (χ1) is 10.3. The molecule has 1 aromatic carbocycles. The number of fused-ring (bicyclic) bond motifs is 1. The molecule has 1 aromatic heterocycles. The highest BCUT2D eigenvalue weighted by atomic mass is 14.9. The molecule has 0 saturated carbocycles. The lowest BCUT2D eigenvalue weighted by atomic mass is 9.97. The lowest BCUT2D eigenvalue weighted by molar-refractivity contribution is 0.519. The summed E-state index contributed by atoms with van der Waals surface area (Å²) in [5, 5.41) is 3.47. The van der Waals surface area contributed by atoms with Crippen molar-refractivity contribution in [3.8, 4) is 0 Å². The van der Waals surface area contributed by atoms with E-state index in [0.717, 1.165) is 19.3 Å². The first-order valence-corrected chi connectivity index (χ1v) is 8.02. The fourth-order valence-corrected chi connectivity index (χ4v) is 3.27. The van der Waals surface area contributed by atoms with E-state index in [4.69, 9.17) is 0 Å². The zero-order valence-electron chi connectivity index (χ0n) is 12.8. The van der Waals surface area contributed by atoms with Crippen molar-refractivity contribution < 1.29 is 0 Å². The molecule has 21 heavy (non-hydrogen) atoms. The van der Waals surface area contributed by atoms with E-state index in [1.807, 2.05) is 18.5 Å². The zero-order valence-corrected chi connectivity index (χ0v) is 12.8. The number of hydrogen-bond donors (Lipinski definition) is 1. The molecule has 0 amide bonds. The molecule has 0 saturated heterocycles. The molecule has 3 rings (SSSR count). The third-order valence-corrected chi connectivity index (χ3v) is 4.56. The molecule has 1 atom stereocenters. The van der Waals surface area contributed by atoms with E-state index in [1.165, 1.54) is 30.4 Å². The van der Waals surface area contributed by atoms with Gasteiger partial charge in [-0.2, -0.15) is 0 Å². The molecule has 2 heteroatoms. The van der Waals surface area contributed by atoms with E-state index in [0.29, 0.717) is 6.04 Å². The maximum absolute atomic E-state index is 4.19. The predicted octanol–water partition coefficient (Wildman–Crippen LogP) is 3.33. The Morgan fingerprint density at radius 1 is 1.14 bits per heavy atom. The molecule has 1 aliphatic rings. The fourth-order valence-electron chi connectivity index (χ4n) is 3.27. The molecule has 0 spiro atoms. The molecule has 0 aliphatic heterocycles. The minimum Gasteiger partial charge on any atom is -0.317 e. The Hall–Kier alpha value is -1.67. The Kier molecular flexibility index (Phi) is 4.66. The number of rotatable bonds is 6. The van der Waals surface area contributed by atoms with Crippen LogP contribution in [0.15, 0.2) is 42.7 Å². The summed E-state index contributed by atoms with van der Waals surface area (Å²) in [6.07, 6.45) is 11.0. The van der Waals surface area contributed by atoms with Crippen LogP contribution in [0.5, 0.6) is 0 Å². The number of pyridine rings is 1. The average Bonchev–Trinajstić information content (AvgIpc) is 3.00. The van der Waals surface area contributed by atoms with E-state index >= 15 is 0 Å². The van der Waals surface area contributed by atoms with Crippen LogP contribution in [-0.4, -0.2) is 18.1 Å². The first kappa shape index (κ1) is 14.3. The highest BCUT2D eigenvalue weighted by Gasteiger charge is 2.13. The van der Waals surface area contributed by atoms with Crippen molar-refractivity contribution in [2.75, 3.05) is 7.05 Å². The predicted molar refractivity (Wildman–Crippen MR) is 87.6 cm³/mol. The molecule has 2 nitrogen and oxygen atoms in total.